The molecule has 0 unspecified atom stereocenters. The van der Waals surface area contributed by atoms with Gasteiger partial charge in [0.1, 0.15) is 5.75 Å². The van der Waals surface area contributed by atoms with Crippen molar-refractivity contribution < 1.29 is 9.84 Å². The van der Waals surface area contributed by atoms with Gasteiger partial charge in [0.15, 0.2) is 0 Å². The number of aryl methyl sites for hydroxylation is 1. The normalized spacial score (nSPS) is 14.6. The summed E-state index contributed by atoms with van der Waals surface area (Å²) in [7, 11) is 0. The largest absolute Gasteiger partial charge is 0.490 e. The third-order valence-electron chi connectivity index (χ3n) is 4.78. The average molecular weight is 329 g/mol. The predicted molar refractivity (Wildman–Crippen MR) is 94.0 cm³/mol. The number of aliphatic hydroxyl groups excluding tert-OH is 1. The molecule has 0 atom stereocenters. The number of para-hydroxylation sites is 1. The van der Waals surface area contributed by atoms with Crippen LogP contribution in [0, 0.1) is 13.8 Å². The molecule has 0 saturated heterocycles. The zero-order valence-electron chi connectivity index (χ0n) is 14.6. The van der Waals surface area contributed by atoms with Crippen molar-refractivity contribution in [3.05, 3.63) is 46.8 Å². The molecule has 3 rings (SSSR count). The Morgan fingerprint density at radius 2 is 2.04 bits per heavy atom. The maximum absolute atomic E-state index is 9.11. The van der Waals surface area contributed by atoms with Gasteiger partial charge in [0.25, 0.3) is 0 Å². The van der Waals surface area contributed by atoms with Crippen molar-refractivity contribution in [3.63, 3.8) is 0 Å². The molecule has 5 nitrogen and oxygen atoms in total. The molecule has 1 aromatic carbocycles. The number of aliphatic hydroxyl groups is 1. The molecule has 5 heteroatoms. The van der Waals surface area contributed by atoms with Gasteiger partial charge in [-0.05, 0) is 39.2 Å². The Hall–Kier alpha value is -1.85. The Morgan fingerprint density at radius 1 is 1.25 bits per heavy atom. The van der Waals surface area contributed by atoms with Crippen molar-refractivity contribution >= 4 is 0 Å². The van der Waals surface area contributed by atoms with Crippen LogP contribution in [0.2, 0.25) is 0 Å². The first kappa shape index (κ1) is 17.0. The van der Waals surface area contributed by atoms with Crippen LogP contribution in [0.5, 0.6) is 5.75 Å². The van der Waals surface area contributed by atoms with Gasteiger partial charge in [0.05, 0.1) is 24.9 Å². The van der Waals surface area contributed by atoms with E-state index in [1.54, 1.807) is 0 Å². The van der Waals surface area contributed by atoms with E-state index in [1.165, 1.54) is 30.4 Å². The van der Waals surface area contributed by atoms with Crippen molar-refractivity contribution in [2.45, 2.75) is 58.8 Å². The van der Waals surface area contributed by atoms with E-state index in [-0.39, 0.29) is 6.61 Å². The van der Waals surface area contributed by atoms with Crippen LogP contribution in [0.25, 0.3) is 0 Å². The minimum Gasteiger partial charge on any atom is -0.490 e. The van der Waals surface area contributed by atoms with Gasteiger partial charge in [-0.3, -0.25) is 4.68 Å². The van der Waals surface area contributed by atoms with Gasteiger partial charge < -0.3 is 15.2 Å². The first-order valence-corrected chi connectivity index (χ1v) is 8.78. The summed E-state index contributed by atoms with van der Waals surface area (Å²) in [5.74, 6) is 0.999. The second-order valence-corrected chi connectivity index (χ2v) is 6.48. The zero-order valence-corrected chi connectivity index (χ0v) is 14.6. The van der Waals surface area contributed by atoms with Crippen molar-refractivity contribution in [2.24, 2.45) is 0 Å². The molecule has 1 fully saturated rings. The summed E-state index contributed by atoms with van der Waals surface area (Å²) in [5.41, 5.74) is 4.55. The van der Waals surface area contributed by atoms with Crippen molar-refractivity contribution in [1.29, 1.82) is 0 Å². The fourth-order valence-corrected chi connectivity index (χ4v) is 3.06. The molecule has 24 heavy (non-hydrogen) atoms. The van der Waals surface area contributed by atoms with Crippen molar-refractivity contribution in [3.8, 4) is 5.75 Å². The molecule has 0 amide bonds. The standard InChI is InChI=1S/C19H27N3O2/c1-14-18(15(2)22(21-14)10-11-23)13-20-12-16-6-3-4-9-19(16)24-17-7-5-8-17/h3-4,6,9,17,20,23H,5,7-8,10-13H2,1-2H3. The van der Waals surface area contributed by atoms with E-state index in [4.69, 9.17) is 9.84 Å². The van der Waals surface area contributed by atoms with Crippen LogP contribution in [0.15, 0.2) is 24.3 Å². The summed E-state index contributed by atoms with van der Waals surface area (Å²) < 4.78 is 7.96. The van der Waals surface area contributed by atoms with Crippen LogP contribution in [-0.4, -0.2) is 27.6 Å². The number of benzene rings is 1. The summed E-state index contributed by atoms with van der Waals surface area (Å²) >= 11 is 0. The second-order valence-electron chi connectivity index (χ2n) is 6.48. The van der Waals surface area contributed by atoms with E-state index < -0.39 is 0 Å². The molecule has 2 N–H and O–H groups in total. The lowest BCUT2D eigenvalue weighted by Gasteiger charge is -2.27. The van der Waals surface area contributed by atoms with Gasteiger partial charge in [-0.25, -0.2) is 0 Å². The van der Waals surface area contributed by atoms with Gasteiger partial charge >= 0.3 is 0 Å². The Kier molecular flexibility index (Phi) is 5.53. The zero-order chi connectivity index (χ0) is 16.9. The van der Waals surface area contributed by atoms with Crippen molar-refractivity contribution in [1.82, 2.24) is 15.1 Å². The van der Waals surface area contributed by atoms with E-state index in [0.29, 0.717) is 12.6 Å². The molecule has 1 aliphatic carbocycles. The highest BCUT2D eigenvalue weighted by molar-refractivity contribution is 5.34. The first-order valence-electron chi connectivity index (χ1n) is 8.78. The first-order chi connectivity index (χ1) is 11.7. The molecule has 2 aromatic rings. The smallest absolute Gasteiger partial charge is 0.124 e. The van der Waals surface area contributed by atoms with E-state index in [1.807, 2.05) is 17.7 Å². The van der Waals surface area contributed by atoms with Crippen LogP contribution in [-0.2, 0) is 19.6 Å². The fraction of sp³-hybridized carbons (Fsp3) is 0.526. The Bertz CT molecular complexity index is 677. The van der Waals surface area contributed by atoms with Gasteiger partial charge in [0.2, 0.25) is 0 Å². The highest BCUT2D eigenvalue weighted by atomic mass is 16.5. The Morgan fingerprint density at radius 3 is 2.75 bits per heavy atom. The number of hydrogen-bond donors (Lipinski definition) is 2. The van der Waals surface area contributed by atoms with Crippen LogP contribution in [0.4, 0.5) is 0 Å². The molecular weight excluding hydrogens is 302 g/mol. The maximum atomic E-state index is 9.11. The number of hydrogen-bond acceptors (Lipinski definition) is 4. The lowest BCUT2D eigenvalue weighted by Crippen LogP contribution is -2.25. The van der Waals surface area contributed by atoms with Gasteiger partial charge in [-0.2, -0.15) is 5.10 Å². The van der Waals surface area contributed by atoms with E-state index in [2.05, 4.69) is 35.5 Å². The summed E-state index contributed by atoms with van der Waals surface area (Å²) in [4.78, 5) is 0. The SMILES string of the molecule is Cc1nn(CCO)c(C)c1CNCc1ccccc1OC1CCC1. The van der Waals surface area contributed by atoms with Crippen LogP contribution in [0.1, 0.15) is 41.8 Å². The van der Waals surface area contributed by atoms with Crippen LogP contribution >= 0.6 is 0 Å². The maximum Gasteiger partial charge on any atom is 0.124 e. The van der Waals surface area contributed by atoms with Gasteiger partial charge in [-0.15, -0.1) is 0 Å². The molecule has 1 heterocycles. The van der Waals surface area contributed by atoms with E-state index in [0.717, 1.165) is 30.2 Å². The van der Waals surface area contributed by atoms with Crippen molar-refractivity contribution in [2.75, 3.05) is 6.61 Å². The lowest BCUT2D eigenvalue weighted by molar-refractivity contribution is 0.119. The molecule has 1 aliphatic rings. The second kappa shape index (κ2) is 7.81. The molecule has 1 saturated carbocycles. The quantitative estimate of drug-likeness (QED) is 0.782. The van der Waals surface area contributed by atoms with E-state index >= 15 is 0 Å². The number of aromatic nitrogens is 2. The monoisotopic (exact) mass is 329 g/mol. The summed E-state index contributed by atoms with van der Waals surface area (Å²) in [6, 6.07) is 8.27. The Labute approximate surface area is 143 Å². The predicted octanol–water partition coefficient (Wildman–Crippen LogP) is 2.71. The molecule has 0 spiro atoms. The minimum absolute atomic E-state index is 0.112. The van der Waals surface area contributed by atoms with Gasteiger partial charge in [-0.1, -0.05) is 18.2 Å². The molecular formula is C19H27N3O2. The number of nitrogens with one attached hydrogen (secondary N) is 1. The summed E-state index contributed by atoms with van der Waals surface area (Å²) in [6.07, 6.45) is 4.02. The molecule has 1 aromatic heterocycles. The molecule has 0 bridgehead atoms. The molecule has 130 valence electrons. The average Bonchev–Trinajstić information content (AvgIpc) is 2.80. The number of nitrogens with zero attached hydrogens (tertiary/aromatic N) is 2. The topological polar surface area (TPSA) is 59.3 Å². The van der Waals surface area contributed by atoms with Gasteiger partial charge in [0, 0.05) is 29.9 Å². The summed E-state index contributed by atoms with van der Waals surface area (Å²) in [6.45, 7) is 6.27. The highest BCUT2D eigenvalue weighted by Gasteiger charge is 2.20. The highest BCUT2D eigenvalue weighted by Crippen LogP contribution is 2.27. The van der Waals surface area contributed by atoms with Crippen LogP contribution < -0.4 is 10.1 Å². The molecule has 0 radical (unpaired) electrons. The minimum atomic E-state index is 0.112. The lowest BCUT2D eigenvalue weighted by atomic mass is 9.96. The number of rotatable bonds is 8. The third kappa shape index (κ3) is 3.79. The fourth-order valence-electron chi connectivity index (χ4n) is 3.06. The number of ether oxygens (including phenoxy) is 1. The summed E-state index contributed by atoms with van der Waals surface area (Å²) in [5, 5.41) is 17.1. The molecule has 0 aliphatic heterocycles. The van der Waals surface area contributed by atoms with E-state index in [9.17, 15) is 0 Å². The third-order valence-corrected chi connectivity index (χ3v) is 4.78. The van der Waals surface area contributed by atoms with Crippen LogP contribution in [0.3, 0.4) is 0 Å². The Balaban J connectivity index is 1.60.